The second-order valence-corrected chi connectivity index (χ2v) is 4.94. The third kappa shape index (κ3) is 3.23. The lowest BCUT2D eigenvalue weighted by Gasteiger charge is -2.12. The summed E-state index contributed by atoms with van der Waals surface area (Å²) < 4.78 is 6.38. The number of hydrogen-bond donors (Lipinski definition) is 1. The zero-order valence-corrected chi connectivity index (χ0v) is 12.6. The van der Waals surface area contributed by atoms with Gasteiger partial charge in [0.25, 0.3) is 0 Å². The van der Waals surface area contributed by atoms with Gasteiger partial charge in [0.2, 0.25) is 0 Å². The van der Waals surface area contributed by atoms with Crippen molar-refractivity contribution >= 4 is 21.7 Å². The zero-order chi connectivity index (χ0) is 13.7. The predicted octanol–water partition coefficient (Wildman–Crippen LogP) is 3.74. The molecule has 0 unspecified atom stereocenters. The van der Waals surface area contributed by atoms with Crippen LogP contribution in [0.3, 0.4) is 0 Å². The highest BCUT2D eigenvalue weighted by atomic mass is 79.9. The molecule has 4 nitrogen and oxygen atoms in total. The molecule has 0 bridgehead atoms. The Morgan fingerprint density at radius 1 is 1.26 bits per heavy atom. The van der Waals surface area contributed by atoms with Crippen LogP contribution in [0.2, 0.25) is 0 Å². The first-order valence-corrected chi connectivity index (χ1v) is 6.94. The van der Waals surface area contributed by atoms with E-state index in [1.54, 1.807) is 19.5 Å². The maximum Gasteiger partial charge on any atom is 0.152 e. The molecule has 0 spiro atoms. The molecule has 19 heavy (non-hydrogen) atoms. The molecule has 2 aromatic rings. The highest BCUT2D eigenvalue weighted by Gasteiger charge is 2.13. The predicted molar refractivity (Wildman–Crippen MR) is 80.5 cm³/mol. The minimum absolute atomic E-state index is 0.778. The molecule has 2 rings (SSSR count). The molecule has 0 radical (unpaired) electrons. The van der Waals surface area contributed by atoms with Crippen molar-refractivity contribution < 1.29 is 4.74 Å². The lowest BCUT2D eigenvalue weighted by molar-refractivity contribution is 0.416. The number of methoxy groups -OCH3 is 1. The van der Waals surface area contributed by atoms with E-state index in [0.717, 1.165) is 40.3 Å². The summed E-state index contributed by atoms with van der Waals surface area (Å²) in [7, 11) is 1.66. The summed E-state index contributed by atoms with van der Waals surface area (Å²) in [6, 6.07) is 5.84. The fraction of sp³-hybridized carbons (Fsp3) is 0.286. The molecule has 0 amide bonds. The van der Waals surface area contributed by atoms with Gasteiger partial charge in [-0.3, -0.25) is 4.98 Å². The van der Waals surface area contributed by atoms with Gasteiger partial charge in [-0.05, 0) is 24.6 Å². The quantitative estimate of drug-likeness (QED) is 0.911. The second kappa shape index (κ2) is 6.52. The average Bonchev–Trinajstić information content (AvgIpc) is 2.45. The maximum absolute atomic E-state index is 5.40. The van der Waals surface area contributed by atoms with Crippen molar-refractivity contribution in [3.63, 3.8) is 0 Å². The Morgan fingerprint density at radius 3 is 2.79 bits per heavy atom. The number of aromatic nitrogens is 2. The van der Waals surface area contributed by atoms with Crippen molar-refractivity contribution in [2.75, 3.05) is 19.0 Å². The number of rotatable bonds is 5. The van der Waals surface area contributed by atoms with E-state index in [1.807, 2.05) is 18.2 Å². The van der Waals surface area contributed by atoms with E-state index in [0.29, 0.717) is 0 Å². The van der Waals surface area contributed by atoms with Gasteiger partial charge in [0.1, 0.15) is 11.4 Å². The zero-order valence-electron chi connectivity index (χ0n) is 11.0. The topological polar surface area (TPSA) is 47.0 Å². The molecule has 1 N–H and O–H groups in total. The van der Waals surface area contributed by atoms with Gasteiger partial charge in [-0.15, -0.1) is 0 Å². The number of hydrogen-bond acceptors (Lipinski definition) is 4. The molecule has 0 saturated carbocycles. The Labute approximate surface area is 121 Å². The molecular weight excluding hydrogens is 306 g/mol. The highest BCUT2D eigenvalue weighted by molar-refractivity contribution is 9.10. The monoisotopic (exact) mass is 321 g/mol. The fourth-order valence-corrected chi connectivity index (χ4v) is 2.13. The van der Waals surface area contributed by atoms with Crippen molar-refractivity contribution in [3.8, 4) is 17.0 Å². The van der Waals surface area contributed by atoms with Gasteiger partial charge in [-0.25, -0.2) is 4.98 Å². The van der Waals surface area contributed by atoms with Crippen LogP contribution in [0.5, 0.6) is 5.75 Å². The molecule has 0 aliphatic heterocycles. The number of benzene rings is 1. The second-order valence-electron chi connectivity index (χ2n) is 4.02. The summed E-state index contributed by atoms with van der Waals surface area (Å²) in [6.07, 6.45) is 4.41. The molecule has 0 aliphatic carbocycles. The van der Waals surface area contributed by atoms with Crippen LogP contribution in [0.4, 0.5) is 5.82 Å². The van der Waals surface area contributed by atoms with E-state index in [4.69, 9.17) is 4.74 Å². The van der Waals surface area contributed by atoms with Crippen LogP contribution >= 0.6 is 15.9 Å². The SMILES string of the molecule is CCCNc1nccnc1-c1cc(Br)ccc1OC. The first-order chi connectivity index (χ1) is 9.26. The van der Waals surface area contributed by atoms with Crippen LogP contribution in [-0.2, 0) is 0 Å². The third-order valence-electron chi connectivity index (χ3n) is 2.66. The largest absolute Gasteiger partial charge is 0.496 e. The lowest BCUT2D eigenvalue weighted by Crippen LogP contribution is -2.05. The molecular formula is C14H16BrN3O. The van der Waals surface area contributed by atoms with Crippen LogP contribution in [0.25, 0.3) is 11.3 Å². The summed E-state index contributed by atoms with van der Waals surface area (Å²) in [5.41, 5.74) is 1.72. The van der Waals surface area contributed by atoms with Gasteiger partial charge in [0.15, 0.2) is 5.82 Å². The molecule has 5 heteroatoms. The van der Waals surface area contributed by atoms with Crippen molar-refractivity contribution in [1.82, 2.24) is 9.97 Å². The lowest BCUT2D eigenvalue weighted by atomic mass is 10.1. The third-order valence-corrected chi connectivity index (χ3v) is 3.15. The van der Waals surface area contributed by atoms with Gasteiger partial charge in [0, 0.05) is 29.0 Å². The smallest absolute Gasteiger partial charge is 0.152 e. The molecule has 0 saturated heterocycles. The van der Waals surface area contributed by atoms with Gasteiger partial charge < -0.3 is 10.1 Å². The Bertz CT molecular complexity index is 560. The number of halogens is 1. The van der Waals surface area contributed by atoms with Crippen molar-refractivity contribution in [1.29, 1.82) is 0 Å². The van der Waals surface area contributed by atoms with E-state index < -0.39 is 0 Å². The number of nitrogens with one attached hydrogen (secondary N) is 1. The van der Waals surface area contributed by atoms with Crippen LogP contribution < -0.4 is 10.1 Å². The molecule has 0 atom stereocenters. The van der Waals surface area contributed by atoms with Crippen LogP contribution in [0.1, 0.15) is 13.3 Å². The molecule has 100 valence electrons. The number of anilines is 1. The number of nitrogens with zero attached hydrogens (tertiary/aromatic N) is 2. The van der Waals surface area contributed by atoms with E-state index >= 15 is 0 Å². The Morgan fingerprint density at radius 2 is 2.05 bits per heavy atom. The van der Waals surface area contributed by atoms with Crippen LogP contribution in [0.15, 0.2) is 35.1 Å². The Hall–Kier alpha value is -1.62. The molecule has 1 aromatic heterocycles. The van der Waals surface area contributed by atoms with E-state index in [1.165, 1.54) is 0 Å². The van der Waals surface area contributed by atoms with Crippen LogP contribution in [-0.4, -0.2) is 23.6 Å². The first-order valence-electron chi connectivity index (χ1n) is 6.15. The average molecular weight is 322 g/mol. The summed E-state index contributed by atoms with van der Waals surface area (Å²) in [5.74, 6) is 1.56. The summed E-state index contributed by atoms with van der Waals surface area (Å²) >= 11 is 3.48. The highest BCUT2D eigenvalue weighted by Crippen LogP contribution is 2.34. The standard InChI is InChI=1S/C14H16BrN3O/c1-3-6-17-14-13(16-7-8-18-14)11-9-10(15)4-5-12(11)19-2/h4-5,7-9H,3,6H2,1-2H3,(H,17,18). The molecule has 0 fully saturated rings. The minimum atomic E-state index is 0.778. The Balaban J connectivity index is 2.48. The van der Waals surface area contributed by atoms with Crippen molar-refractivity contribution in [2.24, 2.45) is 0 Å². The van der Waals surface area contributed by atoms with E-state index in [9.17, 15) is 0 Å². The molecule has 1 heterocycles. The van der Waals surface area contributed by atoms with E-state index in [-0.39, 0.29) is 0 Å². The van der Waals surface area contributed by atoms with Gasteiger partial charge in [0.05, 0.1) is 7.11 Å². The van der Waals surface area contributed by atoms with Gasteiger partial charge in [-0.1, -0.05) is 22.9 Å². The normalized spacial score (nSPS) is 10.3. The molecule has 0 aliphatic rings. The van der Waals surface area contributed by atoms with Gasteiger partial charge in [-0.2, -0.15) is 0 Å². The van der Waals surface area contributed by atoms with Crippen molar-refractivity contribution in [2.45, 2.75) is 13.3 Å². The number of ether oxygens (including phenoxy) is 1. The van der Waals surface area contributed by atoms with Crippen molar-refractivity contribution in [3.05, 3.63) is 35.1 Å². The molecule has 1 aromatic carbocycles. The fourth-order valence-electron chi connectivity index (χ4n) is 1.77. The summed E-state index contributed by atoms with van der Waals surface area (Å²) in [4.78, 5) is 8.78. The first kappa shape index (κ1) is 13.8. The van der Waals surface area contributed by atoms with E-state index in [2.05, 4.69) is 38.1 Å². The Kier molecular flexibility index (Phi) is 4.74. The van der Waals surface area contributed by atoms with Crippen LogP contribution in [0, 0.1) is 0 Å². The summed E-state index contributed by atoms with van der Waals surface area (Å²) in [5, 5.41) is 3.29. The van der Waals surface area contributed by atoms with Gasteiger partial charge >= 0.3 is 0 Å². The maximum atomic E-state index is 5.40. The minimum Gasteiger partial charge on any atom is -0.496 e. The summed E-state index contributed by atoms with van der Waals surface area (Å²) in [6.45, 7) is 2.98.